The second-order valence-electron chi connectivity index (χ2n) is 8.28. The number of rotatable bonds is 4. The molecule has 1 aliphatic heterocycles. The molecule has 1 aliphatic rings. The number of fused-ring (bicyclic) bond motifs is 2. The number of aryl methyl sites for hydroxylation is 3. The lowest BCUT2D eigenvalue weighted by Crippen LogP contribution is -2.49. The lowest BCUT2D eigenvalue weighted by Gasteiger charge is -2.34. The van der Waals surface area contributed by atoms with Gasteiger partial charge in [0.1, 0.15) is 5.69 Å². The van der Waals surface area contributed by atoms with Crippen molar-refractivity contribution in [3.8, 4) is 0 Å². The first-order valence-electron chi connectivity index (χ1n) is 10.8. The topological polar surface area (TPSA) is 62.5 Å². The predicted octanol–water partition coefficient (Wildman–Crippen LogP) is 4.51. The van der Waals surface area contributed by atoms with Crippen molar-refractivity contribution < 1.29 is 9.32 Å². The van der Waals surface area contributed by atoms with Gasteiger partial charge in [0.25, 0.3) is 0 Å². The maximum absolute atomic E-state index is 12.9. The van der Waals surface area contributed by atoms with Crippen LogP contribution in [0.15, 0.2) is 34.9 Å². The van der Waals surface area contributed by atoms with Gasteiger partial charge >= 0.3 is 0 Å². The Labute approximate surface area is 185 Å². The molecular formula is C24H26N4O2S. The molecule has 0 atom stereocenters. The summed E-state index contributed by atoms with van der Waals surface area (Å²) in [5.74, 6) is 0.103. The minimum atomic E-state index is 0.103. The minimum Gasteiger partial charge on any atom is -0.356 e. The van der Waals surface area contributed by atoms with E-state index in [0.29, 0.717) is 13.1 Å². The highest BCUT2D eigenvalue weighted by atomic mass is 32.1. The zero-order valence-electron chi connectivity index (χ0n) is 18.1. The fourth-order valence-corrected chi connectivity index (χ4v) is 5.36. The van der Waals surface area contributed by atoms with Crippen molar-refractivity contribution in [2.75, 3.05) is 31.1 Å². The van der Waals surface area contributed by atoms with Gasteiger partial charge in [-0.15, -0.1) is 0 Å². The number of benzene rings is 2. The number of nitrogens with zero attached hydrogens (tertiary/aromatic N) is 4. The van der Waals surface area contributed by atoms with Crippen LogP contribution in [0.3, 0.4) is 0 Å². The van der Waals surface area contributed by atoms with Gasteiger partial charge in [-0.25, -0.2) is 4.98 Å². The summed E-state index contributed by atoms with van der Waals surface area (Å²) in [6, 6.07) is 10.6. The highest BCUT2D eigenvalue weighted by Crippen LogP contribution is 2.30. The monoisotopic (exact) mass is 434 g/mol. The molecule has 5 rings (SSSR count). The molecule has 1 amide bonds. The summed E-state index contributed by atoms with van der Waals surface area (Å²) in [5, 5.41) is 6.19. The summed E-state index contributed by atoms with van der Waals surface area (Å²) in [5.41, 5.74) is 6.10. The second kappa shape index (κ2) is 7.96. The zero-order chi connectivity index (χ0) is 21.5. The molecule has 2 aromatic carbocycles. The normalized spacial score (nSPS) is 14.7. The van der Waals surface area contributed by atoms with Crippen molar-refractivity contribution in [1.82, 2.24) is 15.0 Å². The molecule has 0 N–H and O–H groups in total. The van der Waals surface area contributed by atoms with Gasteiger partial charge in [0.15, 0.2) is 10.7 Å². The van der Waals surface area contributed by atoms with E-state index in [2.05, 4.69) is 54.2 Å². The summed E-state index contributed by atoms with van der Waals surface area (Å²) >= 11 is 1.74. The number of anilines is 1. The van der Waals surface area contributed by atoms with E-state index in [0.717, 1.165) is 57.9 Å². The molecule has 0 radical (unpaired) electrons. The van der Waals surface area contributed by atoms with Crippen LogP contribution in [-0.4, -0.2) is 47.1 Å². The van der Waals surface area contributed by atoms with Gasteiger partial charge in [-0.05, 0) is 55.2 Å². The Hall–Kier alpha value is -2.93. The van der Waals surface area contributed by atoms with Crippen molar-refractivity contribution in [1.29, 1.82) is 0 Å². The van der Waals surface area contributed by atoms with E-state index in [9.17, 15) is 4.79 Å². The van der Waals surface area contributed by atoms with Gasteiger partial charge in [0.05, 0.1) is 16.6 Å². The van der Waals surface area contributed by atoms with Crippen LogP contribution < -0.4 is 4.90 Å². The van der Waals surface area contributed by atoms with Crippen LogP contribution in [0.4, 0.5) is 5.13 Å². The Balaban J connectivity index is 1.26. The third-order valence-corrected chi connectivity index (χ3v) is 7.13. The second-order valence-corrected chi connectivity index (χ2v) is 9.29. The highest BCUT2D eigenvalue weighted by Gasteiger charge is 2.25. The van der Waals surface area contributed by atoms with Crippen LogP contribution in [0.1, 0.15) is 29.3 Å². The molecule has 1 saturated heterocycles. The molecule has 160 valence electrons. The van der Waals surface area contributed by atoms with Crippen molar-refractivity contribution in [2.45, 2.75) is 33.6 Å². The summed E-state index contributed by atoms with van der Waals surface area (Å²) in [7, 11) is 0. The minimum absolute atomic E-state index is 0.103. The Morgan fingerprint density at radius 3 is 2.71 bits per heavy atom. The molecule has 1 fully saturated rings. The Morgan fingerprint density at radius 1 is 1.13 bits per heavy atom. The van der Waals surface area contributed by atoms with E-state index < -0.39 is 0 Å². The standard InChI is InChI=1S/C24H26N4O2S/c1-4-17-5-6-19-21(13-17)31-24(25-19)28-9-7-27(8-10-28)22(29)14-20-18-12-15(2)11-16(3)23(18)30-26-20/h5-6,11-13H,4,7-10,14H2,1-3H3. The van der Waals surface area contributed by atoms with Crippen LogP contribution in [0.2, 0.25) is 0 Å². The lowest BCUT2D eigenvalue weighted by molar-refractivity contribution is -0.130. The van der Waals surface area contributed by atoms with Gasteiger partial charge in [-0.2, -0.15) is 0 Å². The first-order valence-corrected chi connectivity index (χ1v) is 11.6. The maximum atomic E-state index is 12.9. The average molecular weight is 435 g/mol. The largest absolute Gasteiger partial charge is 0.356 e. The molecule has 0 saturated carbocycles. The van der Waals surface area contributed by atoms with Gasteiger partial charge in [-0.3, -0.25) is 4.79 Å². The van der Waals surface area contributed by atoms with E-state index in [-0.39, 0.29) is 12.3 Å². The molecule has 7 heteroatoms. The van der Waals surface area contributed by atoms with Crippen LogP contribution in [0, 0.1) is 13.8 Å². The number of carbonyl (C=O) groups is 1. The van der Waals surface area contributed by atoms with Crippen LogP contribution in [-0.2, 0) is 17.6 Å². The van der Waals surface area contributed by atoms with Crippen LogP contribution >= 0.6 is 11.3 Å². The summed E-state index contributed by atoms with van der Waals surface area (Å²) in [6.07, 6.45) is 1.31. The number of hydrogen-bond acceptors (Lipinski definition) is 6. The third kappa shape index (κ3) is 3.78. The molecular weight excluding hydrogens is 408 g/mol. The number of carbonyl (C=O) groups excluding carboxylic acids is 1. The molecule has 0 bridgehead atoms. The number of hydrogen-bond donors (Lipinski definition) is 0. The van der Waals surface area contributed by atoms with Crippen LogP contribution in [0.5, 0.6) is 0 Å². The van der Waals surface area contributed by atoms with Crippen molar-refractivity contribution in [3.05, 3.63) is 52.7 Å². The SMILES string of the molecule is CCc1ccc2nc(N3CCN(C(=O)Cc4noc5c(C)cc(C)cc45)CC3)sc2c1. The highest BCUT2D eigenvalue weighted by molar-refractivity contribution is 7.22. The first-order chi connectivity index (χ1) is 15.0. The average Bonchev–Trinajstić information content (AvgIpc) is 3.37. The quantitative estimate of drug-likeness (QED) is 0.473. The maximum Gasteiger partial charge on any atom is 0.228 e. The number of thiazole rings is 1. The van der Waals surface area contributed by atoms with E-state index in [1.165, 1.54) is 10.3 Å². The van der Waals surface area contributed by atoms with Gasteiger partial charge in [-0.1, -0.05) is 35.5 Å². The van der Waals surface area contributed by atoms with Gasteiger partial charge in [0, 0.05) is 31.6 Å². The number of aromatic nitrogens is 2. The van der Waals surface area contributed by atoms with E-state index in [4.69, 9.17) is 9.51 Å². The van der Waals surface area contributed by atoms with Crippen molar-refractivity contribution >= 4 is 43.6 Å². The van der Waals surface area contributed by atoms with E-state index in [1.807, 2.05) is 11.8 Å². The molecule has 6 nitrogen and oxygen atoms in total. The number of amides is 1. The van der Waals surface area contributed by atoms with E-state index in [1.54, 1.807) is 11.3 Å². The molecule has 3 heterocycles. The van der Waals surface area contributed by atoms with Gasteiger partial charge < -0.3 is 14.3 Å². The van der Waals surface area contributed by atoms with E-state index >= 15 is 0 Å². The fraction of sp³-hybridized carbons (Fsp3) is 0.375. The smallest absolute Gasteiger partial charge is 0.228 e. The lowest BCUT2D eigenvalue weighted by atomic mass is 10.1. The van der Waals surface area contributed by atoms with Crippen LogP contribution in [0.25, 0.3) is 21.2 Å². The Kier molecular flexibility index (Phi) is 5.14. The Bertz CT molecular complexity index is 1270. The molecule has 0 aliphatic carbocycles. The summed E-state index contributed by atoms with van der Waals surface area (Å²) < 4.78 is 6.74. The molecule has 0 spiro atoms. The van der Waals surface area contributed by atoms with Crippen molar-refractivity contribution in [3.63, 3.8) is 0 Å². The summed E-state index contributed by atoms with van der Waals surface area (Å²) in [6.45, 7) is 9.22. The summed E-state index contributed by atoms with van der Waals surface area (Å²) in [4.78, 5) is 22.0. The molecule has 2 aromatic heterocycles. The first kappa shape index (κ1) is 20.0. The molecule has 0 unspecified atom stereocenters. The van der Waals surface area contributed by atoms with Gasteiger partial charge in [0.2, 0.25) is 5.91 Å². The number of piperazine rings is 1. The Morgan fingerprint density at radius 2 is 1.94 bits per heavy atom. The predicted molar refractivity (Wildman–Crippen MR) is 125 cm³/mol. The molecule has 31 heavy (non-hydrogen) atoms. The zero-order valence-corrected chi connectivity index (χ0v) is 19.0. The fourth-order valence-electron chi connectivity index (χ4n) is 4.28. The van der Waals surface area contributed by atoms with Crippen molar-refractivity contribution in [2.24, 2.45) is 0 Å². The third-order valence-electron chi connectivity index (χ3n) is 6.05. The molecule has 4 aromatic rings.